The molecular formula is C24H25ClN8O4S. The third-order valence-corrected chi connectivity index (χ3v) is 7.82. The van der Waals surface area contributed by atoms with Gasteiger partial charge in [0.15, 0.2) is 11.6 Å². The van der Waals surface area contributed by atoms with Gasteiger partial charge in [-0.3, -0.25) is 14.3 Å². The Bertz CT molecular complexity index is 1520. The number of nitrogens with zero attached hydrogens (tertiary/aromatic N) is 7. The van der Waals surface area contributed by atoms with E-state index in [0.717, 1.165) is 5.56 Å². The van der Waals surface area contributed by atoms with Gasteiger partial charge >= 0.3 is 0 Å². The molecule has 0 aromatic carbocycles. The maximum absolute atomic E-state index is 13.7. The molecule has 198 valence electrons. The number of ether oxygens (including phenoxy) is 2. The lowest BCUT2D eigenvalue weighted by Gasteiger charge is -2.26. The van der Waals surface area contributed by atoms with Gasteiger partial charge in [0.05, 0.1) is 22.7 Å². The number of halogens is 1. The fourth-order valence-corrected chi connectivity index (χ4v) is 5.28. The van der Waals surface area contributed by atoms with Crippen LogP contribution in [0.3, 0.4) is 0 Å². The highest BCUT2D eigenvalue weighted by molar-refractivity contribution is 7.93. The van der Waals surface area contributed by atoms with E-state index in [0.29, 0.717) is 22.3 Å². The van der Waals surface area contributed by atoms with E-state index in [4.69, 9.17) is 21.1 Å². The van der Waals surface area contributed by atoms with E-state index in [-0.39, 0.29) is 24.5 Å². The number of nitrogens with one attached hydrogen (secondary N) is 1. The first-order valence-electron chi connectivity index (χ1n) is 11.8. The monoisotopic (exact) mass is 556 g/mol. The van der Waals surface area contributed by atoms with Crippen molar-refractivity contribution in [3.05, 3.63) is 71.7 Å². The average Bonchev–Trinajstić information content (AvgIpc) is 3.22. The molecule has 1 N–H and O–H groups in total. The Morgan fingerprint density at radius 3 is 2.55 bits per heavy atom. The summed E-state index contributed by atoms with van der Waals surface area (Å²) in [6.07, 6.45) is 6.49. The molecule has 0 aliphatic carbocycles. The molecule has 0 amide bonds. The van der Waals surface area contributed by atoms with Gasteiger partial charge in [0, 0.05) is 31.0 Å². The standard InChI is InChI=1S/C24H25ClN8O4S/c1-14(2)37-20(21-28-11-17(25)12-29-21)15(3)38(34,35)32-24-31-30-22-18-7-5-9-27-23(18)36-13-19(33(22)24)16-6-4-8-26-10-16/h4-12,14-15,19-20H,13H2,1-3H3,(H,31,32)/t15-,19+,20+/m0/s1. The first kappa shape index (κ1) is 25.9. The predicted octanol–water partition coefficient (Wildman–Crippen LogP) is 3.46. The quantitative estimate of drug-likeness (QED) is 0.342. The number of hydrogen-bond donors (Lipinski definition) is 1. The van der Waals surface area contributed by atoms with Crippen molar-refractivity contribution in [2.45, 2.75) is 44.3 Å². The molecule has 0 spiro atoms. The maximum Gasteiger partial charge on any atom is 0.240 e. The molecule has 4 aromatic rings. The normalized spacial score (nSPS) is 16.6. The Hall–Kier alpha value is -3.68. The smallest absolute Gasteiger partial charge is 0.240 e. The summed E-state index contributed by atoms with van der Waals surface area (Å²) in [5, 5.41) is 7.75. The highest BCUT2D eigenvalue weighted by Crippen LogP contribution is 2.37. The van der Waals surface area contributed by atoms with Gasteiger partial charge in [-0.2, -0.15) is 0 Å². The fraction of sp³-hybridized carbons (Fsp3) is 0.333. The number of fused-ring (bicyclic) bond motifs is 3. The third-order valence-electron chi connectivity index (χ3n) is 5.93. The highest BCUT2D eigenvalue weighted by Gasteiger charge is 2.37. The predicted molar refractivity (Wildman–Crippen MR) is 139 cm³/mol. The van der Waals surface area contributed by atoms with E-state index in [2.05, 4.69) is 34.9 Å². The molecule has 12 nitrogen and oxygen atoms in total. The fourth-order valence-electron chi connectivity index (χ4n) is 4.09. The second-order valence-electron chi connectivity index (χ2n) is 8.90. The zero-order valence-electron chi connectivity index (χ0n) is 20.8. The summed E-state index contributed by atoms with van der Waals surface area (Å²) in [4.78, 5) is 16.9. The Balaban J connectivity index is 1.55. The molecule has 0 fully saturated rings. The minimum absolute atomic E-state index is 0.0151. The topological polar surface area (TPSA) is 147 Å². The van der Waals surface area contributed by atoms with Crippen molar-refractivity contribution in [2.24, 2.45) is 0 Å². The summed E-state index contributed by atoms with van der Waals surface area (Å²) in [7, 11) is -4.10. The van der Waals surface area contributed by atoms with E-state index in [1.54, 1.807) is 55.2 Å². The van der Waals surface area contributed by atoms with E-state index in [9.17, 15) is 8.42 Å². The van der Waals surface area contributed by atoms with Crippen LogP contribution in [0.5, 0.6) is 5.88 Å². The molecule has 1 aliphatic rings. The van der Waals surface area contributed by atoms with Crippen molar-refractivity contribution in [3.8, 4) is 17.3 Å². The third kappa shape index (κ3) is 5.17. The summed E-state index contributed by atoms with van der Waals surface area (Å²) < 4.78 is 43.7. The number of rotatable bonds is 8. The zero-order chi connectivity index (χ0) is 26.9. The summed E-state index contributed by atoms with van der Waals surface area (Å²) >= 11 is 5.93. The summed E-state index contributed by atoms with van der Waals surface area (Å²) in [5.41, 5.74) is 1.37. The molecule has 4 aromatic heterocycles. The van der Waals surface area contributed by atoms with Crippen LogP contribution >= 0.6 is 11.6 Å². The lowest BCUT2D eigenvalue weighted by Crippen LogP contribution is -2.35. The lowest BCUT2D eigenvalue weighted by molar-refractivity contribution is 0.00154. The highest BCUT2D eigenvalue weighted by atomic mass is 35.5. The first-order chi connectivity index (χ1) is 18.2. The van der Waals surface area contributed by atoms with Crippen LogP contribution in [0, 0.1) is 0 Å². The van der Waals surface area contributed by atoms with Crippen LogP contribution in [0.25, 0.3) is 11.4 Å². The Labute approximate surface area is 224 Å². The molecule has 0 radical (unpaired) electrons. The molecule has 5 rings (SSSR count). The van der Waals surface area contributed by atoms with Gasteiger partial charge in [0.25, 0.3) is 0 Å². The van der Waals surface area contributed by atoms with Crippen LogP contribution in [0.1, 0.15) is 44.3 Å². The number of aromatic nitrogens is 7. The van der Waals surface area contributed by atoms with Gasteiger partial charge in [0.2, 0.25) is 21.9 Å². The number of anilines is 1. The summed E-state index contributed by atoms with van der Waals surface area (Å²) in [6, 6.07) is 6.72. The van der Waals surface area contributed by atoms with Crippen LogP contribution in [0.15, 0.2) is 55.2 Å². The Kier molecular flexibility index (Phi) is 7.23. The van der Waals surface area contributed by atoms with Gasteiger partial charge in [-0.15, -0.1) is 10.2 Å². The minimum atomic E-state index is -4.10. The minimum Gasteiger partial charge on any atom is -0.475 e. The van der Waals surface area contributed by atoms with Crippen LogP contribution in [-0.4, -0.2) is 61.1 Å². The van der Waals surface area contributed by atoms with Crippen molar-refractivity contribution in [3.63, 3.8) is 0 Å². The van der Waals surface area contributed by atoms with Gasteiger partial charge in [0.1, 0.15) is 18.0 Å². The average molecular weight is 557 g/mol. The summed E-state index contributed by atoms with van der Waals surface area (Å²) in [6.45, 7) is 5.28. The largest absolute Gasteiger partial charge is 0.475 e. The van der Waals surface area contributed by atoms with Gasteiger partial charge in [-0.25, -0.2) is 23.4 Å². The van der Waals surface area contributed by atoms with Crippen LogP contribution in [0.4, 0.5) is 5.95 Å². The molecule has 0 unspecified atom stereocenters. The Morgan fingerprint density at radius 1 is 1.08 bits per heavy atom. The van der Waals surface area contributed by atoms with Gasteiger partial charge in [-0.1, -0.05) is 17.7 Å². The SMILES string of the molecule is CC(C)O[C@@H](c1ncc(Cl)cn1)[C@H](C)S(=O)(=O)Nc1nnc2n1[C@@H](c1cccnc1)COc1ncccc1-2. The van der Waals surface area contributed by atoms with Crippen LogP contribution in [-0.2, 0) is 14.8 Å². The van der Waals surface area contributed by atoms with Crippen molar-refractivity contribution in [2.75, 3.05) is 11.3 Å². The molecule has 0 bridgehead atoms. The van der Waals surface area contributed by atoms with Gasteiger partial charge < -0.3 is 9.47 Å². The number of sulfonamides is 1. The molecule has 38 heavy (non-hydrogen) atoms. The maximum atomic E-state index is 13.7. The second-order valence-corrected chi connectivity index (χ2v) is 11.4. The van der Waals surface area contributed by atoms with E-state index >= 15 is 0 Å². The van der Waals surface area contributed by atoms with Crippen molar-refractivity contribution in [1.82, 2.24) is 34.7 Å². The van der Waals surface area contributed by atoms with Crippen molar-refractivity contribution in [1.29, 1.82) is 0 Å². The van der Waals surface area contributed by atoms with E-state index in [1.165, 1.54) is 19.3 Å². The van der Waals surface area contributed by atoms with E-state index in [1.807, 2.05) is 6.07 Å². The molecule has 1 aliphatic heterocycles. The number of hydrogen-bond acceptors (Lipinski definition) is 10. The molecule has 5 heterocycles. The first-order valence-corrected chi connectivity index (χ1v) is 13.7. The molecule has 0 saturated heterocycles. The number of pyridine rings is 2. The second kappa shape index (κ2) is 10.6. The zero-order valence-corrected chi connectivity index (χ0v) is 22.3. The van der Waals surface area contributed by atoms with Crippen molar-refractivity contribution < 1.29 is 17.9 Å². The molecule has 14 heteroatoms. The lowest BCUT2D eigenvalue weighted by atomic mass is 10.1. The summed E-state index contributed by atoms with van der Waals surface area (Å²) in [5.74, 6) is 0.991. The Morgan fingerprint density at radius 2 is 1.84 bits per heavy atom. The van der Waals surface area contributed by atoms with Crippen LogP contribution in [0.2, 0.25) is 5.02 Å². The van der Waals surface area contributed by atoms with Gasteiger partial charge in [-0.05, 0) is 44.5 Å². The van der Waals surface area contributed by atoms with Crippen LogP contribution < -0.4 is 9.46 Å². The van der Waals surface area contributed by atoms with E-state index < -0.39 is 27.4 Å². The molecular weight excluding hydrogens is 532 g/mol. The molecule has 0 saturated carbocycles. The van der Waals surface area contributed by atoms with Crippen molar-refractivity contribution >= 4 is 27.6 Å². The molecule has 3 atom stereocenters.